The first-order valence-corrected chi connectivity index (χ1v) is 4.07. The van der Waals surface area contributed by atoms with E-state index in [1.54, 1.807) is 13.0 Å². The lowest BCUT2D eigenvalue weighted by molar-refractivity contribution is -0.148. The Hall–Kier alpha value is -0.540. The van der Waals surface area contributed by atoms with E-state index in [1.165, 1.54) is 0 Å². The zero-order chi connectivity index (χ0) is 9.56. The summed E-state index contributed by atoms with van der Waals surface area (Å²) in [5.41, 5.74) is 0. The highest BCUT2D eigenvalue weighted by Gasteiger charge is 2.19. The number of likely N-dealkylation sites (N-methyl/N-ethyl adjacent to an activating group) is 1. The lowest BCUT2D eigenvalue weighted by Crippen LogP contribution is -2.36. The van der Waals surface area contributed by atoms with Crippen LogP contribution in [0.25, 0.3) is 0 Å². The molecule has 0 rings (SSSR count). The summed E-state index contributed by atoms with van der Waals surface area (Å²) < 4.78 is 4.89. The fourth-order valence-corrected chi connectivity index (χ4v) is 0.914. The summed E-state index contributed by atoms with van der Waals surface area (Å²) in [6, 6.07) is -0.192. The second-order valence-corrected chi connectivity index (χ2v) is 2.76. The van der Waals surface area contributed by atoms with E-state index in [4.69, 9.17) is 4.74 Å². The van der Waals surface area contributed by atoms with Crippen LogP contribution in [0.3, 0.4) is 0 Å². The van der Waals surface area contributed by atoms with Crippen molar-refractivity contribution in [3.63, 3.8) is 0 Å². The van der Waals surface area contributed by atoms with E-state index in [2.05, 4.69) is 6.58 Å². The number of hydrogen-bond acceptors (Lipinski definition) is 3. The van der Waals surface area contributed by atoms with Gasteiger partial charge in [-0.2, -0.15) is 0 Å². The maximum atomic E-state index is 11.3. The van der Waals surface area contributed by atoms with Gasteiger partial charge in [-0.1, -0.05) is 6.08 Å². The smallest absolute Gasteiger partial charge is 0.323 e. The van der Waals surface area contributed by atoms with Crippen LogP contribution in [0.4, 0.5) is 0 Å². The molecule has 13 heavy (non-hydrogen) atoms. The number of carbonyl (C=O) groups is 1. The predicted molar refractivity (Wildman–Crippen MR) is 56.2 cm³/mol. The molecule has 0 aromatic rings. The highest BCUT2D eigenvalue weighted by Crippen LogP contribution is 2.02. The summed E-state index contributed by atoms with van der Waals surface area (Å²) in [7, 11) is 3.70. The molecule has 0 saturated carbocycles. The minimum absolute atomic E-state index is 0. The van der Waals surface area contributed by atoms with Crippen LogP contribution in [-0.4, -0.2) is 37.6 Å². The predicted octanol–water partition coefficient (Wildman–Crippen LogP) is 1.48. The fourth-order valence-electron chi connectivity index (χ4n) is 0.914. The average molecular weight is 208 g/mol. The van der Waals surface area contributed by atoms with E-state index in [-0.39, 0.29) is 24.4 Å². The number of halogens is 1. The molecular weight excluding hydrogens is 190 g/mol. The lowest BCUT2D eigenvalue weighted by Gasteiger charge is -2.20. The molecule has 0 aliphatic carbocycles. The van der Waals surface area contributed by atoms with Crippen LogP contribution in [0.15, 0.2) is 12.7 Å². The Bertz CT molecular complexity index is 160. The average Bonchev–Trinajstić information content (AvgIpc) is 1.99. The van der Waals surface area contributed by atoms with Crippen LogP contribution < -0.4 is 0 Å². The van der Waals surface area contributed by atoms with Crippen molar-refractivity contribution >= 4 is 18.4 Å². The Morgan fingerprint density at radius 2 is 2.15 bits per heavy atom. The Kier molecular flexibility index (Phi) is 9.29. The highest BCUT2D eigenvalue weighted by atomic mass is 35.5. The van der Waals surface area contributed by atoms with E-state index in [1.807, 2.05) is 19.0 Å². The van der Waals surface area contributed by atoms with Gasteiger partial charge < -0.3 is 4.74 Å². The largest absolute Gasteiger partial charge is 0.465 e. The van der Waals surface area contributed by atoms with Gasteiger partial charge in [0, 0.05) is 0 Å². The summed E-state index contributed by atoms with van der Waals surface area (Å²) in [4.78, 5) is 13.1. The molecule has 0 aromatic heterocycles. The van der Waals surface area contributed by atoms with Crippen molar-refractivity contribution < 1.29 is 9.53 Å². The summed E-state index contributed by atoms with van der Waals surface area (Å²) in [6.45, 7) is 5.83. The highest BCUT2D eigenvalue weighted by molar-refractivity contribution is 5.85. The third-order valence-corrected chi connectivity index (χ3v) is 1.57. The molecule has 0 spiro atoms. The van der Waals surface area contributed by atoms with Crippen LogP contribution in [-0.2, 0) is 9.53 Å². The van der Waals surface area contributed by atoms with Crippen LogP contribution in [0.2, 0.25) is 0 Å². The van der Waals surface area contributed by atoms with Crippen molar-refractivity contribution in [2.45, 2.75) is 19.4 Å². The SMILES string of the molecule is C=CCC(C(=O)OCC)N(C)C.Cl. The first-order valence-electron chi connectivity index (χ1n) is 4.07. The van der Waals surface area contributed by atoms with Crippen molar-refractivity contribution in [3.05, 3.63) is 12.7 Å². The molecule has 0 N–H and O–H groups in total. The number of nitrogens with zero attached hydrogens (tertiary/aromatic N) is 1. The Balaban J connectivity index is 0. The zero-order valence-corrected chi connectivity index (χ0v) is 9.26. The van der Waals surface area contributed by atoms with Crippen molar-refractivity contribution in [1.82, 2.24) is 4.90 Å². The molecular formula is C9H18ClNO2. The molecule has 0 fully saturated rings. The van der Waals surface area contributed by atoms with E-state index >= 15 is 0 Å². The molecule has 0 aliphatic rings. The Morgan fingerprint density at radius 1 is 1.62 bits per heavy atom. The minimum Gasteiger partial charge on any atom is -0.465 e. The van der Waals surface area contributed by atoms with Crippen LogP contribution in [0.1, 0.15) is 13.3 Å². The molecule has 78 valence electrons. The molecule has 0 saturated heterocycles. The number of esters is 1. The molecule has 3 nitrogen and oxygen atoms in total. The zero-order valence-electron chi connectivity index (χ0n) is 8.45. The number of rotatable bonds is 5. The maximum Gasteiger partial charge on any atom is 0.323 e. The Morgan fingerprint density at radius 3 is 2.46 bits per heavy atom. The molecule has 1 unspecified atom stereocenters. The van der Waals surface area contributed by atoms with E-state index in [9.17, 15) is 4.79 Å². The van der Waals surface area contributed by atoms with E-state index in [0.717, 1.165) is 0 Å². The normalized spacial score (nSPS) is 11.7. The second-order valence-electron chi connectivity index (χ2n) is 2.76. The number of carbonyl (C=O) groups excluding carboxylic acids is 1. The summed E-state index contributed by atoms with van der Waals surface area (Å²) in [5.74, 6) is -0.178. The quantitative estimate of drug-likeness (QED) is 0.505. The van der Waals surface area contributed by atoms with Crippen molar-refractivity contribution in [2.75, 3.05) is 20.7 Å². The van der Waals surface area contributed by atoms with Gasteiger partial charge in [-0.3, -0.25) is 9.69 Å². The van der Waals surface area contributed by atoms with Crippen molar-refractivity contribution in [2.24, 2.45) is 0 Å². The van der Waals surface area contributed by atoms with Gasteiger partial charge in [-0.15, -0.1) is 19.0 Å². The van der Waals surface area contributed by atoms with Gasteiger partial charge in [0.15, 0.2) is 0 Å². The molecule has 0 aromatic carbocycles. The first kappa shape index (κ1) is 15.0. The third-order valence-electron chi connectivity index (χ3n) is 1.57. The van der Waals surface area contributed by atoms with Gasteiger partial charge in [-0.25, -0.2) is 0 Å². The van der Waals surface area contributed by atoms with Crippen molar-refractivity contribution in [1.29, 1.82) is 0 Å². The Labute approximate surface area is 86.2 Å². The maximum absolute atomic E-state index is 11.3. The number of hydrogen-bond donors (Lipinski definition) is 0. The second kappa shape index (κ2) is 8.08. The van der Waals surface area contributed by atoms with Crippen LogP contribution in [0.5, 0.6) is 0 Å². The van der Waals surface area contributed by atoms with Gasteiger partial charge in [0.2, 0.25) is 0 Å². The van der Waals surface area contributed by atoms with Crippen LogP contribution in [0, 0.1) is 0 Å². The van der Waals surface area contributed by atoms with Gasteiger partial charge in [0.1, 0.15) is 6.04 Å². The standard InChI is InChI=1S/C9H17NO2.ClH/c1-5-7-8(10(3)4)9(11)12-6-2;/h5,8H,1,6-7H2,2-4H3;1H. The monoisotopic (exact) mass is 207 g/mol. The van der Waals surface area contributed by atoms with Gasteiger partial charge in [0.25, 0.3) is 0 Å². The lowest BCUT2D eigenvalue weighted by atomic mass is 10.2. The molecule has 1 atom stereocenters. The minimum atomic E-state index is -0.192. The van der Waals surface area contributed by atoms with Crippen LogP contribution >= 0.6 is 12.4 Å². The molecule has 0 heterocycles. The van der Waals surface area contributed by atoms with Crippen molar-refractivity contribution in [3.8, 4) is 0 Å². The number of ether oxygens (including phenoxy) is 1. The summed E-state index contributed by atoms with van der Waals surface area (Å²) in [5, 5.41) is 0. The molecule has 4 heteroatoms. The molecule has 0 bridgehead atoms. The molecule has 0 aliphatic heterocycles. The molecule has 0 radical (unpaired) electrons. The molecule has 0 amide bonds. The topological polar surface area (TPSA) is 29.5 Å². The van der Waals surface area contributed by atoms with E-state index < -0.39 is 0 Å². The van der Waals surface area contributed by atoms with Gasteiger partial charge >= 0.3 is 5.97 Å². The van der Waals surface area contributed by atoms with Gasteiger partial charge in [0.05, 0.1) is 6.61 Å². The third kappa shape index (κ3) is 5.66. The first-order chi connectivity index (χ1) is 5.63. The fraction of sp³-hybridized carbons (Fsp3) is 0.667. The summed E-state index contributed by atoms with van der Waals surface area (Å²) in [6.07, 6.45) is 2.35. The summed E-state index contributed by atoms with van der Waals surface area (Å²) >= 11 is 0. The van der Waals surface area contributed by atoms with E-state index in [0.29, 0.717) is 13.0 Å². The van der Waals surface area contributed by atoms with Gasteiger partial charge in [-0.05, 0) is 27.4 Å².